The third-order valence-electron chi connectivity index (χ3n) is 10.2. The Morgan fingerprint density at radius 2 is 1.17 bits per heavy atom. The number of amides is 1. The predicted octanol–water partition coefficient (Wildman–Crippen LogP) is 2.48. The second-order valence-electron chi connectivity index (χ2n) is 14.8. The Balaban J connectivity index is 1.95. The maximum Gasteiger partial charge on any atom is 0.220 e. The van der Waals surface area contributed by atoms with Crippen molar-refractivity contribution < 1.29 is 64.6 Å². The molecule has 2 saturated heterocycles. The average Bonchev–Trinajstić information content (AvgIpc) is 3.15. The first-order chi connectivity index (χ1) is 25.6. The topological polar surface area (TPSA) is 228 Å². The molecule has 0 bridgehead atoms. The van der Waals surface area contributed by atoms with Gasteiger partial charge in [-0.2, -0.15) is 0 Å². The number of nitrogens with one attached hydrogen (secondary N) is 1. The number of hydrogen-bond acceptors (Lipinski definition) is 13. The van der Waals surface area contributed by atoms with E-state index in [1.54, 1.807) is 6.08 Å². The molecule has 9 N–H and O–H groups in total. The molecule has 312 valence electrons. The highest BCUT2D eigenvalue weighted by Crippen LogP contribution is 2.29. The molecule has 0 aromatic heterocycles. The van der Waals surface area contributed by atoms with Crippen LogP contribution < -0.4 is 5.32 Å². The van der Waals surface area contributed by atoms with Gasteiger partial charge < -0.3 is 65.1 Å². The number of carbonyl (C=O) groups excluding carboxylic acids is 1. The number of unbranched alkanes of at least 4 members (excludes halogenated alkanes) is 16. The molecular formula is C39H73NO13. The van der Waals surface area contributed by atoms with Crippen molar-refractivity contribution >= 4 is 5.91 Å². The maximum absolute atomic E-state index is 12.9. The van der Waals surface area contributed by atoms with Crippen molar-refractivity contribution in [2.24, 2.45) is 0 Å². The van der Waals surface area contributed by atoms with Crippen molar-refractivity contribution in [1.82, 2.24) is 5.32 Å². The molecular weight excluding hydrogens is 690 g/mol. The van der Waals surface area contributed by atoms with Crippen LogP contribution in [-0.2, 0) is 23.7 Å². The molecule has 0 aromatic rings. The van der Waals surface area contributed by atoms with Gasteiger partial charge in [-0.05, 0) is 19.3 Å². The average molecular weight is 764 g/mol. The normalized spacial score (nSPS) is 30.5. The number of hydrogen-bond donors (Lipinski definition) is 9. The van der Waals surface area contributed by atoms with Gasteiger partial charge in [-0.15, -0.1) is 0 Å². The summed E-state index contributed by atoms with van der Waals surface area (Å²) in [5.41, 5.74) is 0. The molecule has 0 spiro atoms. The van der Waals surface area contributed by atoms with Gasteiger partial charge in [0.1, 0.15) is 48.8 Å². The number of aliphatic hydroxyl groups is 8. The predicted molar refractivity (Wildman–Crippen MR) is 199 cm³/mol. The minimum atomic E-state index is -1.78. The molecule has 2 heterocycles. The van der Waals surface area contributed by atoms with E-state index in [4.69, 9.17) is 18.9 Å². The molecule has 0 saturated carbocycles. The fraction of sp³-hybridized carbons (Fsp3) is 0.923. The van der Waals surface area contributed by atoms with Gasteiger partial charge in [-0.1, -0.05) is 122 Å². The first-order valence-electron chi connectivity index (χ1n) is 20.4. The number of carbonyl (C=O) groups is 1. The van der Waals surface area contributed by atoms with E-state index in [1.165, 1.54) is 70.6 Å². The van der Waals surface area contributed by atoms with Crippen LogP contribution in [0.3, 0.4) is 0 Å². The van der Waals surface area contributed by atoms with Crippen LogP contribution in [-0.4, -0.2) is 140 Å². The summed E-state index contributed by atoms with van der Waals surface area (Å²) < 4.78 is 22.5. The van der Waals surface area contributed by atoms with E-state index in [-0.39, 0.29) is 18.9 Å². The van der Waals surface area contributed by atoms with Gasteiger partial charge in [-0.3, -0.25) is 4.79 Å². The largest absolute Gasteiger partial charge is 0.394 e. The first kappa shape index (κ1) is 47.9. The van der Waals surface area contributed by atoms with Gasteiger partial charge >= 0.3 is 0 Å². The summed E-state index contributed by atoms with van der Waals surface area (Å²) in [5.74, 6) is -0.249. The molecule has 2 aliphatic rings. The zero-order valence-electron chi connectivity index (χ0n) is 32.3. The van der Waals surface area contributed by atoms with Crippen molar-refractivity contribution in [3.8, 4) is 0 Å². The molecule has 12 atom stereocenters. The second kappa shape index (κ2) is 28.2. The van der Waals surface area contributed by atoms with Crippen molar-refractivity contribution in [3.05, 3.63) is 12.2 Å². The third-order valence-corrected chi connectivity index (χ3v) is 10.2. The second-order valence-corrected chi connectivity index (χ2v) is 14.8. The quantitative estimate of drug-likeness (QED) is 0.0395. The monoisotopic (exact) mass is 764 g/mol. The number of ether oxygens (including phenoxy) is 4. The Morgan fingerprint density at radius 3 is 1.74 bits per heavy atom. The molecule has 2 aliphatic heterocycles. The Kier molecular flexibility index (Phi) is 25.5. The SMILES string of the molecule is CCCCCCCCCCCC/C=C/[C@@H](O)[C@H](CO[C@@H]1O[C@H](CO)[C@@H](O[C@@H]2O[C@H](CO)[C@H](O)C(O)C2O)C(O)C1O)NC(=O)CCCCCCCCC. The Labute approximate surface area is 316 Å². The van der Waals surface area contributed by atoms with Crippen LogP contribution in [0.5, 0.6) is 0 Å². The summed E-state index contributed by atoms with van der Waals surface area (Å²) >= 11 is 0. The zero-order valence-corrected chi connectivity index (χ0v) is 32.3. The van der Waals surface area contributed by atoms with Gasteiger partial charge in [0.15, 0.2) is 12.6 Å². The summed E-state index contributed by atoms with van der Waals surface area (Å²) in [6, 6.07) is -0.903. The van der Waals surface area contributed by atoms with Gasteiger partial charge in [0.25, 0.3) is 0 Å². The number of aliphatic hydroxyl groups excluding tert-OH is 8. The zero-order chi connectivity index (χ0) is 39.0. The summed E-state index contributed by atoms with van der Waals surface area (Å²) in [6.45, 7) is 2.68. The number of rotatable bonds is 29. The highest BCUT2D eigenvalue weighted by molar-refractivity contribution is 5.76. The Morgan fingerprint density at radius 1 is 0.660 bits per heavy atom. The highest BCUT2D eigenvalue weighted by Gasteiger charge is 2.50. The van der Waals surface area contributed by atoms with E-state index in [1.807, 2.05) is 6.08 Å². The molecule has 1 amide bonds. The van der Waals surface area contributed by atoms with Crippen LogP contribution in [0.1, 0.15) is 136 Å². The van der Waals surface area contributed by atoms with Crippen LogP contribution in [0.2, 0.25) is 0 Å². The summed E-state index contributed by atoms with van der Waals surface area (Å²) in [6.07, 6.45) is 7.24. The lowest BCUT2D eigenvalue weighted by Gasteiger charge is -2.46. The van der Waals surface area contributed by atoms with E-state index in [0.717, 1.165) is 38.5 Å². The molecule has 4 unspecified atom stereocenters. The van der Waals surface area contributed by atoms with E-state index >= 15 is 0 Å². The molecule has 0 aromatic carbocycles. The van der Waals surface area contributed by atoms with Crippen LogP contribution in [0.15, 0.2) is 12.2 Å². The molecule has 2 fully saturated rings. The van der Waals surface area contributed by atoms with Crippen LogP contribution in [0, 0.1) is 0 Å². The van der Waals surface area contributed by atoms with E-state index in [9.17, 15) is 45.6 Å². The van der Waals surface area contributed by atoms with Gasteiger partial charge in [-0.25, -0.2) is 0 Å². The molecule has 0 aliphatic carbocycles. The van der Waals surface area contributed by atoms with Gasteiger partial charge in [0, 0.05) is 6.42 Å². The first-order valence-corrected chi connectivity index (χ1v) is 20.4. The Hall–Kier alpha value is -1.27. The molecule has 0 radical (unpaired) electrons. The number of allylic oxidation sites excluding steroid dienone is 1. The minimum Gasteiger partial charge on any atom is -0.394 e. The van der Waals surface area contributed by atoms with Gasteiger partial charge in [0.2, 0.25) is 5.91 Å². The summed E-state index contributed by atoms with van der Waals surface area (Å²) in [7, 11) is 0. The fourth-order valence-corrected chi connectivity index (χ4v) is 6.76. The smallest absolute Gasteiger partial charge is 0.220 e. The fourth-order valence-electron chi connectivity index (χ4n) is 6.76. The molecule has 14 heteroatoms. The van der Waals surface area contributed by atoms with Crippen molar-refractivity contribution in [3.63, 3.8) is 0 Å². The summed E-state index contributed by atoms with van der Waals surface area (Å²) in [4.78, 5) is 12.9. The van der Waals surface area contributed by atoms with Crippen LogP contribution in [0.4, 0.5) is 0 Å². The van der Waals surface area contributed by atoms with E-state index in [0.29, 0.717) is 6.42 Å². The summed E-state index contributed by atoms with van der Waals surface area (Å²) in [5, 5.41) is 86.0. The highest BCUT2D eigenvalue weighted by atomic mass is 16.7. The van der Waals surface area contributed by atoms with Gasteiger partial charge in [0.05, 0.1) is 32.0 Å². The third kappa shape index (κ3) is 17.6. The van der Waals surface area contributed by atoms with Crippen molar-refractivity contribution in [2.45, 2.75) is 209 Å². The minimum absolute atomic E-state index is 0.249. The van der Waals surface area contributed by atoms with Crippen LogP contribution in [0.25, 0.3) is 0 Å². The molecule has 14 nitrogen and oxygen atoms in total. The molecule has 53 heavy (non-hydrogen) atoms. The van der Waals surface area contributed by atoms with Crippen molar-refractivity contribution in [2.75, 3.05) is 19.8 Å². The van der Waals surface area contributed by atoms with E-state index in [2.05, 4.69) is 19.2 Å². The lowest BCUT2D eigenvalue weighted by atomic mass is 9.97. The lowest BCUT2D eigenvalue weighted by Crippen LogP contribution is -2.65. The lowest BCUT2D eigenvalue weighted by molar-refractivity contribution is -0.359. The van der Waals surface area contributed by atoms with Crippen LogP contribution >= 0.6 is 0 Å². The Bertz CT molecular complexity index is 956. The van der Waals surface area contributed by atoms with Crippen molar-refractivity contribution in [1.29, 1.82) is 0 Å². The molecule has 2 rings (SSSR count). The van der Waals surface area contributed by atoms with E-state index < -0.39 is 86.8 Å². The maximum atomic E-state index is 12.9. The standard InChI is InChI=1S/C39H73NO13/c1-3-5-7-9-11-12-13-14-15-17-18-20-22-28(43)27(40-31(44)23-21-19-16-10-8-6-4-2)26-50-38-36(49)34(47)37(30(25-42)52-38)53-39-35(48)33(46)32(45)29(24-41)51-39/h20,22,27-30,32-39,41-43,45-49H,3-19,21,23-26H2,1-2H3,(H,40,44)/b22-20+/t27-,28+,29+,30+,32-,33?,34?,35?,36?,37+,38+,39-/m0/s1.